The Morgan fingerprint density at radius 2 is 1.48 bits per heavy atom. The maximum absolute atomic E-state index is 14.4. The van der Waals surface area contributed by atoms with Gasteiger partial charge in [0.05, 0.1) is 40.5 Å². The number of nitrogens with one attached hydrogen (secondary N) is 4. The Hall–Kier alpha value is -7.48. The molecule has 17 nitrogen and oxygen atoms in total. The zero-order chi connectivity index (χ0) is 55.6. The van der Waals surface area contributed by atoms with E-state index in [-0.39, 0.29) is 43.1 Å². The van der Waals surface area contributed by atoms with Crippen LogP contribution in [0.3, 0.4) is 0 Å². The first-order valence-electron chi connectivity index (χ1n) is 27.1. The molecule has 3 aliphatic heterocycles. The van der Waals surface area contributed by atoms with E-state index in [4.69, 9.17) is 14.5 Å². The number of rotatable bonds is 16. The van der Waals surface area contributed by atoms with Crippen molar-refractivity contribution in [2.75, 3.05) is 55.4 Å². The SMILES string of the molecule is COc1cc2c(Oc3ccc(NC(=O)C4(C(=O)Nc5ccc(F)cc5)CC4)cc3)ccnc2cc1N1CCC(N2CCC(C(=O)N[C@H](C(=O)N3C[C@H](O)C[C@H]3C(=O)NCc3ccc(-c4scnc4C)cc3)C(C)(C)C)CC2)CC1. The van der Waals surface area contributed by atoms with E-state index in [0.29, 0.717) is 60.3 Å². The van der Waals surface area contributed by atoms with Gasteiger partial charge in [-0.15, -0.1) is 11.3 Å². The normalized spacial score (nSPS) is 19.1. The van der Waals surface area contributed by atoms with E-state index < -0.39 is 46.6 Å². The number of methoxy groups -OCH3 is 1. The molecule has 1 saturated carbocycles. The Morgan fingerprint density at radius 1 is 0.823 bits per heavy atom. The van der Waals surface area contributed by atoms with Crippen molar-refractivity contribution >= 4 is 68.8 Å². The molecule has 4 aromatic carbocycles. The molecule has 0 spiro atoms. The molecule has 0 bridgehead atoms. The van der Waals surface area contributed by atoms with Gasteiger partial charge in [0.25, 0.3) is 0 Å². The van der Waals surface area contributed by atoms with Crippen molar-refractivity contribution in [1.29, 1.82) is 0 Å². The van der Waals surface area contributed by atoms with Gasteiger partial charge in [0, 0.05) is 67.5 Å². The lowest BCUT2D eigenvalue weighted by Gasteiger charge is -2.42. The maximum atomic E-state index is 14.4. The molecule has 0 radical (unpaired) electrons. The van der Waals surface area contributed by atoms with Crippen LogP contribution in [-0.4, -0.2) is 118 Å². The van der Waals surface area contributed by atoms with Gasteiger partial charge in [-0.25, -0.2) is 9.37 Å². The lowest BCUT2D eigenvalue weighted by molar-refractivity contribution is -0.144. The van der Waals surface area contributed by atoms with Crippen molar-refractivity contribution in [3.63, 3.8) is 0 Å². The summed E-state index contributed by atoms with van der Waals surface area (Å²) in [7, 11) is 1.65. The van der Waals surface area contributed by atoms with Crippen molar-refractivity contribution < 1.29 is 42.9 Å². The predicted molar refractivity (Wildman–Crippen MR) is 301 cm³/mol. The summed E-state index contributed by atoms with van der Waals surface area (Å²) in [5, 5.41) is 23.2. The maximum Gasteiger partial charge on any atom is 0.246 e. The standard InChI is InChI=1S/C60H68FN9O8S/c1-36-52(79-35-64-36)38-8-6-37(7-9-38)33-63-55(73)49-30-44(71)34-70(49)56(74)53(59(2,3)4)67-54(72)39-19-26-68(27-20-39)43-21-28-69(29-22-43)48-32-47-46(31-51(48)77-5)50(18-25-62-47)78-45-16-14-42(15-17-45)66-58(76)60(23-24-60)57(75)65-41-12-10-40(61)11-13-41/h6-18,25,31-32,35,39,43-44,49,53,71H,19-24,26-30,33-34H2,1-5H3,(H,63,73)(H,65,75)(H,66,76)(H,67,72)/t44-,49+,53-/m1/s1. The summed E-state index contributed by atoms with van der Waals surface area (Å²) in [6.45, 7) is 11.1. The van der Waals surface area contributed by atoms with Crippen LogP contribution in [0.2, 0.25) is 0 Å². The lowest BCUT2D eigenvalue weighted by Crippen LogP contribution is -2.59. The van der Waals surface area contributed by atoms with Crippen LogP contribution in [0.4, 0.5) is 21.5 Å². The first kappa shape index (κ1) is 54.9. The number of halogens is 1. The number of likely N-dealkylation sites (tertiary alicyclic amines) is 2. The quantitative estimate of drug-likeness (QED) is 0.0579. The van der Waals surface area contributed by atoms with Gasteiger partial charge in [-0.1, -0.05) is 45.0 Å². The highest BCUT2D eigenvalue weighted by Gasteiger charge is 2.56. The topological polar surface area (TPSA) is 208 Å². The van der Waals surface area contributed by atoms with Gasteiger partial charge in [-0.2, -0.15) is 0 Å². The number of hydrogen-bond acceptors (Lipinski definition) is 13. The molecule has 5 N–H and O–H groups in total. The first-order chi connectivity index (χ1) is 38.0. The van der Waals surface area contributed by atoms with Crippen LogP contribution < -0.4 is 35.6 Å². The summed E-state index contributed by atoms with van der Waals surface area (Å²) in [5.74, 6) is -0.593. The number of piperidine rings is 2. The van der Waals surface area contributed by atoms with Gasteiger partial charge < -0.3 is 50.5 Å². The van der Waals surface area contributed by atoms with Crippen LogP contribution in [0, 0.1) is 29.5 Å². The highest BCUT2D eigenvalue weighted by molar-refractivity contribution is 7.13. The summed E-state index contributed by atoms with van der Waals surface area (Å²) in [5.41, 5.74) is 5.51. The molecular formula is C60H68FN9O8S. The molecule has 1 aliphatic carbocycles. The van der Waals surface area contributed by atoms with Crippen molar-refractivity contribution in [2.24, 2.45) is 16.7 Å². The fraction of sp³-hybridized carbons (Fsp3) is 0.417. The average molecular weight is 1090 g/mol. The van der Waals surface area contributed by atoms with E-state index in [1.165, 1.54) is 29.2 Å². The lowest BCUT2D eigenvalue weighted by atomic mass is 9.84. The average Bonchev–Trinajstić information content (AvgIpc) is 4.24. The number of carbonyl (C=O) groups excluding carboxylic acids is 5. The molecule has 6 aromatic rings. The number of pyridine rings is 1. The van der Waals surface area contributed by atoms with E-state index in [0.717, 1.165) is 77.3 Å². The number of ether oxygens (including phenoxy) is 2. The number of aryl methyl sites for hydroxylation is 1. The van der Waals surface area contributed by atoms with Crippen molar-refractivity contribution in [3.05, 3.63) is 120 Å². The minimum Gasteiger partial charge on any atom is -0.495 e. The van der Waals surface area contributed by atoms with Gasteiger partial charge in [-0.05, 0) is 142 Å². The molecule has 3 atom stereocenters. The summed E-state index contributed by atoms with van der Waals surface area (Å²) in [6, 6.07) is 24.6. The summed E-state index contributed by atoms with van der Waals surface area (Å²) in [4.78, 5) is 84.8. The molecule has 3 saturated heterocycles. The van der Waals surface area contributed by atoms with E-state index in [1.807, 2.05) is 69.6 Å². The number of amides is 5. The van der Waals surface area contributed by atoms with Crippen molar-refractivity contribution in [2.45, 2.75) is 103 Å². The number of carbonyl (C=O) groups is 5. The summed E-state index contributed by atoms with van der Waals surface area (Å²) >= 11 is 1.58. The fourth-order valence-corrected chi connectivity index (χ4v) is 11.9. The summed E-state index contributed by atoms with van der Waals surface area (Å²) in [6.07, 6.45) is 4.95. The second-order valence-electron chi connectivity index (χ2n) is 22.4. The molecule has 0 unspecified atom stereocenters. The predicted octanol–water partition coefficient (Wildman–Crippen LogP) is 8.45. The van der Waals surface area contributed by atoms with Gasteiger partial charge in [-0.3, -0.25) is 29.0 Å². The fourth-order valence-electron chi connectivity index (χ4n) is 11.1. The molecule has 2 aromatic heterocycles. The number of thiazole rings is 1. The van der Waals surface area contributed by atoms with Crippen LogP contribution in [-0.2, 0) is 30.5 Å². The molecule has 4 aliphatic rings. The van der Waals surface area contributed by atoms with E-state index in [2.05, 4.69) is 36.1 Å². The monoisotopic (exact) mass is 1090 g/mol. The molecule has 4 fully saturated rings. The number of aliphatic hydroxyl groups is 1. The van der Waals surface area contributed by atoms with Crippen LogP contribution in [0.1, 0.15) is 77.0 Å². The molecule has 414 valence electrons. The molecule has 5 amide bonds. The minimum atomic E-state index is -1.19. The smallest absolute Gasteiger partial charge is 0.246 e. The number of hydrogen-bond donors (Lipinski definition) is 5. The zero-order valence-corrected chi connectivity index (χ0v) is 46.0. The van der Waals surface area contributed by atoms with E-state index >= 15 is 0 Å². The second kappa shape index (κ2) is 23.1. The van der Waals surface area contributed by atoms with Gasteiger partial charge in [0.15, 0.2) is 0 Å². The number of aliphatic hydroxyl groups excluding tert-OH is 1. The molecule has 79 heavy (non-hydrogen) atoms. The number of aromatic nitrogens is 2. The van der Waals surface area contributed by atoms with Gasteiger partial charge in [0.2, 0.25) is 29.5 Å². The van der Waals surface area contributed by atoms with Gasteiger partial charge in [0.1, 0.15) is 40.6 Å². The molecule has 10 rings (SSSR count). The third-order valence-corrected chi connectivity index (χ3v) is 17.0. The Kier molecular flexibility index (Phi) is 16.0. The Balaban J connectivity index is 0.699. The third kappa shape index (κ3) is 12.2. The second-order valence-corrected chi connectivity index (χ2v) is 23.2. The van der Waals surface area contributed by atoms with Crippen molar-refractivity contribution in [3.8, 4) is 27.7 Å². The zero-order valence-electron chi connectivity index (χ0n) is 45.2. The Labute approximate surface area is 463 Å². The van der Waals surface area contributed by atoms with Crippen LogP contribution in [0.25, 0.3) is 21.3 Å². The highest BCUT2D eigenvalue weighted by Crippen LogP contribution is 2.48. The number of nitrogens with zero attached hydrogens (tertiary/aromatic N) is 5. The van der Waals surface area contributed by atoms with E-state index in [9.17, 15) is 33.5 Å². The largest absolute Gasteiger partial charge is 0.495 e. The first-order valence-corrected chi connectivity index (χ1v) is 28.0. The molecule has 5 heterocycles. The highest BCUT2D eigenvalue weighted by atomic mass is 32.1. The van der Waals surface area contributed by atoms with Crippen molar-refractivity contribution in [1.82, 2.24) is 30.4 Å². The number of β-amino-alcohol motifs (C(OH)–C–C–N with tert-alkyl or cyclic N) is 1. The number of fused-ring (bicyclic) bond motifs is 1. The Bertz CT molecular complexity index is 3200. The minimum absolute atomic E-state index is 0.0120. The van der Waals surface area contributed by atoms with Crippen LogP contribution in [0.15, 0.2) is 103 Å². The van der Waals surface area contributed by atoms with Crippen LogP contribution in [0.5, 0.6) is 17.2 Å². The third-order valence-electron chi connectivity index (χ3n) is 16.0. The van der Waals surface area contributed by atoms with Crippen LogP contribution >= 0.6 is 11.3 Å². The Morgan fingerprint density at radius 3 is 2.09 bits per heavy atom. The number of anilines is 3. The summed E-state index contributed by atoms with van der Waals surface area (Å²) < 4.78 is 25.7. The molecular weight excluding hydrogens is 1030 g/mol. The molecule has 19 heteroatoms. The van der Waals surface area contributed by atoms with E-state index in [1.54, 1.807) is 55.0 Å². The van der Waals surface area contributed by atoms with Gasteiger partial charge >= 0.3 is 0 Å². The number of benzene rings is 4.